The first-order valence-electron chi connectivity index (χ1n) is 8.24. The average molecular weight is 252 g/mol. The van der Waals surface area contributed by atoms with Crippen LogP contribution in [0.2, 0.25) is 0 Å². The van der Waals surface area contributed by atoms with Gasteiger partial charge in [0.25, 0.3) is 0 Å². The van der Waals surface area contributed by atoms with Gasteiger partial charge in [-0.1, -0.05) is 39.5 Å². The smallest absolute Gasteiger partial charge is 0.00684 e. The zero-order valence-electron chi connectivity index (χ0n) is 12.5. The predicted octanol–water partition coefficient (Wildman–Crippen LogP) is 3.42. The van der Waals surface area contributed by atoms with Crippen molar-refractivity contribution in [2.75, 3.05) is 26.2 Å². The minimum atomic E-state index is 0.575. The van der Waals surface area contributed by atoms with Crippen LogP contribution in [0, 0.1) is 5.41 Å². The van der Waals surface area contributed by atoms with Gasteiger partial charge in [-0.3, -0.25) is 0 Å². The summed E-state index contributed by atoms with van der Waals surface area (Å²) in [6.45, 7) is 9.63. The van der Waals surface area contributed by atoms with Gasteiger partial charge in [-0.25, -0.2) is 0 Å². The van der Waals surface area contributed by atoms with E-state index in [-0.39, 0.29) is 0 Å². The molecule has 0 aromatic rings. The monoisotopic (exact) mass is 252 g/mol. The summed E-state index contributed by atoms with van der Waals surface area (Å²) in [5.74, 6) is 0. The molecule has 18 heavy (non-hydrogen) atoms. The highest BCUT2D eigenvalue weighted by atomic mass is 15.1. The van der Waals surface area contributed by atoms with E-state index >= 15 is 0 Å². The molecule has 0 aromatic carbocycles. The normalized spacial score (nSPS) is 24.2. The Morgan fingerprint density at radius 3 is 2.11 bits per heavy atom. The molecule has 0 bridgehead atoms. The van der Waals surface area contributed by atoms with Crippen LogP contribution in [0.15, 0.2) is 0 Å². The highest BCUT2D eigenvalue weighted by Gasteiger charge is 2.34. The van der Waals surface area contributed by atoms with Crippen LogP contribution in [0.4, 0.5) is 0 Å². The van der Waals surface area contributed by atoms with E-state index in [4.69, 9.17) is 0 Å². The van der Waals surface area contributed by atoms with Crippen molar-refractivity contribution in [3.05, 3.63) is 0 Å². The van der Waals surface area contributed by atoms with Crippen LogP contribution in [0.3, 0.4) is 0 Å². The summed E-state index contributed by atoms with van der Waals surface area (Å²) in [5, 5.41) is 3.82. The lowest BCUT2D eigenvalue weighted by molar-refractivity contribution is 0.134. The van der Waals surface area contributed by atoms with Crippen LogP contribution < -0.4 is 5.32 Å². The van der Waals surface area contributed by atoms with Gasteiger partial charge in [0.15, 0.2) is 0 Å². The highest BCUT2D eigenvalue weighted by Crippen LogP contribution is 2.36. The number of rotatable bonds is 7. The number of hydrogen-bond acceptors (Lipinski definition) is 2. The Labute approximate surface area is 114 Å². The van der Waals surface area contributed by atoms with E-state index in [1.54, 1.807) is 0 Å². The van der Waals surface area contributed by atoms with Crippen molar-refractivity contribution in [3.8, 4) is 0 Å². The summed E-state index contributed by atoms with van der Waals surface area (Å²) in [5.41, 5.74) is 0.575. The molecule has 0 radical (unpaired) electrons. The molecule has 1 N–H and O–H groups in total. The first-order chi connectivity index (χ1) is 8.78. The Kier molecular flexibility index (Phi) is 5.50. The fourth-order valence-electron chi connectivity index (χ4n) is 3.44. The van der Waals surface area contributed by atoms with Crippen molar-refractivity contribution in [3.63, 3.8) is 0 Å². The molecule has 0 heterocycles. The molecular weight excluding hydrogens is 220 g/mol. The molecule has 0 aliphatic heterocycles. The predicted molar refractivity (Wildman–Crippen MR) is 78.9 cm³/mol. The van der Waals surface area contributed by atoms with E-state index in [1.807, 2.05) is 0 Å². The van der Waals surface area contributed by atoms with Crippen molar-refractivity contribution in [2.45, 2.75) is 71.3 Å². The van der Waals surface area contributed by atoms with Gasteiger partial charge in [0.1, 0.15) is 0 Å². The second kappa shape index (κ2) is 6.91. The minimum Gasteiger partial charge on any atom is -0.313 e. The molecule has 2 aliphatic rings. The van der Waals surface area contributed by atoms with Gasteiger partial charge in [-0.2, -0.15) is 0 Å². The lowest BCUT2D eigenvalue weighted by atomic mass is 9.79. The van der Waals surface area contributed by atoms with Crippen LogP contribution in [-0.4, -0.2) is 37.1 Å². The molecule has 2 rings (SSSR count). The molecule has 2 aliphatic carbocycles. The minimum absolute atomic E-state index is 0.575. The first kappa shape index (κ1) is 14.3. The van der Waals surface area contributed by atoms with Crippen LogP contribution in [0.1, 0.15) is 65.2 Å². The van der Waals surface area contributed by atoms with Gasteiger partial charge in [0, 0.05) is 19.1 Å². The Bertz CT molecular complexity index is 223. The molecule has 0 aromatic heterocycles. The Morgan fingerprint density at radius 1 is 1.00 bits per heavy atom. The molecule has 0 saturated heterocycles. The Morgan fingerprint density at radius 2 is 1.61 bits per heavy atom. The van der Waals surface area contributed by atoms with Crippen molar-refractivity contribution in [2.24, 2.45) is 5.41 Å². The van der Waals surface area contributed by atoms with Gasteiger partial charge in [-0.15, -0.1) is 0 Å². The van der Waals surface area contributed by atoms with Crippen LogP contribution >= 0.6 is 0 Å². The molecule has 0 spiro atoms. The Balaban J connectivity index is 1.93. The summed E-state index contributed by atoms with van der Waals surface area (Å²) in [6, 6.07) is 0.863. The van der Waals surface area contributed by atoms with Crippen molar-refractivity contribution >= 4 is 0 Å². The van der Waals surface area contributed by atoms with E-state index in [2.05, 4.69) is 24.1 Å². The third-order valence-corrected chi connectivity index (χ3v) is 4.96. The lowest BCUT2D eigenvalue weighted by Crippen LogP contribution is -2.44. The third kappa shape index (κ3) is 4.24. The highest BCUT2D eigenvalue weighted by molar-refractivity contribution is 4.90. The summed E-state index contributed by atoms with van der Waals surface area (Å²) >= 11 is 0. The van der Waals surface area contributed by atoms with Crippen LogP contribution in [0.25, 0.3) is 0 Å². The van der Waals surface area contributed by atoms with Crippen molar-refractivity contribution in [1.82, 2.24) is 10.2 Å². The lowest BCUT2D eigenvalue weighted by Gasteiger charge is -2.38. The van der Waals surface area contributed by atoms with E-state index in [0.29, 0.717) is 5.41 Å². The summed E-state index contributed by atoms with van der Waals surface area (Å²) in [7, 11) is 0. The number of nitrogens with zero attached hydrogens (tertiary/aromatic N) is 1. The van der Waals surface area contributed by atoms with Crippen LogP contribution in [-0.2, 0) is 0 Å². The van der Waals surface area contributed by atoms with Crippen molar-refractivity contribution < 1.29 is 0 Å². The van der Waals surface area contributed by atoms with E-state index in [9.17, 15) is 0 Å². The summed E-state index contributed by atoms with van der Waals surface area (Å²) < 4.78 is 0. The molecule has 0 unspecified atom stereocenters. The number of nitrogens with one attached hydrogen (secondary N) is 1. The fraction of sp³-hybridized carbons (Fsp3) is 1.00. The van der Waals surface area contributed by atoms with Gasteiger partial charge < -0.3 is 10.2 Å². The zero-order chi connectivity index (χ0) is 12.8. The summed E-state index contributed by atoms with van der Waals surface area (Å²) in [4.78, 5) is 2.64. The van der Waals surface area contributed by atoms with E-state index < -0.39 is 0 Å². The number of hydrogen-bond donors (Lipinski definition) is 1. The second-order valence-corrected chi connectivity index (χ2v) is 6.53. The largest absolute Gasteiger partial charge is 0.313 e. The molecule has 106 valence electrons. The van der Waals surface area contributed by atoms with E-state index in [1.165, 1.54) is 77.5 Å². The maximum Gasteiger partial charge on any atom is 0.00684 e. The topological polar surface area (TPSA) is 15.3 Å². The third-order valence-electron chi connectivity index (χ3n) is 4.96. The molecule has 2 fully saturated rings. The second-order valence-electron chi connectivity index (χ2n) is 6.53. The molecule has 2 heteroatoms. The molecular formula is C16H32N2. The molecule has 2 nitrogen and oxygen atoms in total. The zero-order valence-corrected chi connectivity index (χ0v) is 12.5. The first-order valence-corrected chi connectivity index (χ1v) is 8.24. The summed E-state index contributed by atoms with van der Waals surface area (Å²) in [6.07, 6.45) is 11.6. The quantitative estimate of drug-likeness (QED) is 0.698. The maximum atomic E-state index is 3.82. The van der Waals surface area contributed by atoms with Gasteiger partial charge in [-0.05, 0) is 44.2 Å². The van der Waals surface area contributed by atoms with E-state index in [0.717, 1.165) is 6.04 Å². The standard InChI is InChI=1S/C16H32N2/c1-3-18(4-2)14-16(13-17-15-9-10-15)11-7-5-6-8-12-16/h15,17H,3-14H2,1-2H3. The van der Waals surface area contributed by atoms with Gasteiger partial charge in [0.2, 0.25) is 0 Å². The SMILES string of the molecule is CCN(CC)CC1(CNC2CC2)CCCCCC1. The molecule has 2 saturated carbocycles. The fourth-order valence-corrected chi connectivity index (χ4v) is 3.44. The maximum absolute atomic E-state index is 3.82. The Hall–Kier alpha value is -0.0800. The van der Waals surface area contributed by atoms with Gasteiger partial charge in [0.05, 0.1) is 0 Å². The molecule has 0 atom stereocenters. The van der Waals surface area contributed by atoms with Crippen molar-refractivity contribution in [1.29, 1.82) is 0 Å². The molecule has 0 amide bonds. The average Bonchev–Trinajstić information content (AvgIpc) is 3.21. The van der Waals surface area contributed by atoms with Crippen LogP contribution in [0.5, 0.6) is 0 Å². The van der Waals surface area contributed by atoms with Gasteiger partial charge >= 0.3 is 0 Å².